The van der Waals surface area contributed by atoms with Crippen molar-refractivity contribution in [2.75, 3.05) is 6.66 Å². The molecule has 0 spiro atoms. The van der Waals surface area contributed by atoms with Crippen LogP contribution in [-0.4, -0.2) is 23.5 Å². The second kappa shape index (κ2) is 7.75. The fraction of sp³-hybridized carbons (Fsp3) is 0.100. The highest BCUT2D eigenvalue weighted by molar-refractivity contribution is 7.53. The summed E-state index contributed by atoms with van der Waals surface area (Å²) in [4.78, 5) is 17.4. The molecule has 148 valence electrons. The van der Waals surface area contributed by atoms with E-state index >= 15 is 0 Å². The molecule has 1 heterocycles. The third kappa shape index (κ3) is 4.35. The van der Waals surface area contributed by atoms with Gasteiger partial charge in [-0.05, 0) is 42.5 Å². The van der Waals surface area contributed by atoms with Crippen LogP contribution in [0.5, 0.6) is 5.75 Å². The number of aromatic nitrogens is 1. The Bertz CT molecular complexity index is 1230. The van der Waals surface area contributed by atoms with Crippen molar-refractivity contribution < 1.29 is 18.4 Å². The summed E-state index contributed by atoms with van der Waals surface area (Å²) in [5.41, 5.74) is 1.22. The van der Waals surface area contributed by atoms with Crippen LogP contribution in [0.4, 0.5) is 0 Å². The highest BCUT2D eigenvalue weighted by Crippen LogP contribution is 2.47. The fourth-order valence-electron chi connectivity index (χ4n) is 2.97. The zero-order valence-corrected chi connectivity index (χ0v) is 18.1. The number of nitrogens with zero attached hydrogens (tertiary/aromatic N) is 1. The van der Waals surface area contributed by atoms with Gasteiger partial charge in [0.1, 0.15) is 5.75 Å². The summed E-state index contributed by atoms with van der Waals surface area (Å²) in [5.74, 6) is -0.142. The van der Waals surface area contributed by atoms with E-state index < -0.39 is 19.5 Å². The zero-order valence-electron chi connectivity index (χ0n) is 14.9. The molecule has 9 heteroatoms. The van der Waals surface area contributed by atoms with Crippen LogP contribution in [-0.2, 0) is 9.09 Å². The number of hydrogen-bond acceptors (Lipinski definition) is 5. The Kier molecular flexibility index (Phi) is 5.45. The minimum Gasteiger partial charge on any atom is -0.424 e. The first kappa shape index (κ1) is 20.4. The number of Topliss-reactive ketones (excluding diaryl/α,β-unsaturated/α-hetero) is 1. The highest BCUT2D eigenvalue weighted by atomic mass is 35.5. The summed E-state index contributed by atoms with van der Waals surface area (Å²) in [6.07, 6.45) is 0.198. The third-order valence-electron chi connectivity index (χ3n) is 4.20. The van der Waals surface area contributed by atoms with E-state index in [1.165, 1.54) is 18.8 Å². The summed E-state index contributed by atoms with van der Waals surface area (Å²) >= 11 is 18.3. The number of carbonyl (C=O) groups excluding carboxylic acids is 1. The molecular weight excluding hydrogens is 456 g/mol. The lowest BCUT2D eigenvalue weighted by molar-refractivity contribution is 0.0835. The minimum absolute atomic E-state index is 0.217. The van der Waals surface area contributed by atoms with Crippen molar-refractivity contribution >= 4 is 64.1 Å². The maximum atomic E-state index is 13.0. The topological polar surface area (TPSA) is 65.5 Å². The van der Waals surface area contributed by atoms with Crippen molar-refractivity contribution in [1.82, 2.24) is 4.98 Å². The average molecular weight is 469 g/mol. The molecule has 0 N–H and O–H groups in total. The number of carbonyl (C=O) groups is 1. The average Bonchev–Trinajstić information content (AvgIpc) is 2.64. The van der Waals surface area contributed by atoms with Crippen LogP contribution in [0.1, 0.15) is 16.1 Å². The molecule has 4 rings (SSSR count). The second-order valence-corrected chi connectivity index (χ2v) is 9.66. The quantitative estimate of drug-likeness (QED) is 0.403. The molecule has 5 nitrogen and oxygen atoms in total. The lowest BCUT2D eigenvalue weighted by Gasteiger charge is -2.24. The Morgan fingerprint density at radius 3 is 2.55 bits per heavy atom. The normalized spacial score (nSPS) is 18.1. The smallest absolute Gasteiger partial charge is 0.377 e. The van der Waals surface area contributed by atoms with E-state index in [1.54, 1.807) is 42.5 Å². The molecule has 1 aliphatic rings. The molecule has 0 saturated heterocycles. The zero-order chi connectivity index (χ0) is 20.8. The molecule has 2 unspecified atom stereocenters. The highest BCUT2D eigenvalue weighted by Gasteiger charge is 2.34. The molecule has 29 heavy (non-hydrogen) atoms. The van der Waals surface area contributed by atoms with Gasteiger partial charge < -0.3 is 4.52 Å². The molecule has 1 aromatic heterocycles. The summed E-state index contributed by atoms with van der Waals surface area (Å²) in [5, 5.41) is 1.89. The molecular formula is C20H13Cl3NO4P. The molecule has 2 aromatic carbocycles. The number of benzene rings is 2. The molecule has 2 atom stereocenters. The minimum atomic E-state index is -3.65. The van der Waals surface area contributed by atoms with Crippen molar-refractivity contribution in [2.24, 2.45) is 0 Å². The van der Waals surface area contributed by atoms with Crippen LogP contribution in [0, 0.1) is 0 Å². The van der Waals surface area contributed by atoms with Gasteiger partial charge >= 0.3 is 7.60 Å². The fourth-order valence-corrected chi connectivity index (χ4v) is 4.69. The molecule has 0 aliphatic heterocycles. The van der Waals surface area contributed by atoms with Gasteiger partial charge in [0, 0.05) is 27.7 Å². The predicted octanol–water partition coefficient (Wildman–Crippen LogP) is 6.60. The van der Waals surface area contributed by atoms with Crippen molar-refractivity contribution in [3.05, 3.63) is 75.9 Å². The Labute approximate surface area is 181 Å². The lowest BCUT2D eigenvalue weighted by atomic mass is 9.96. The van der Waals surface area contributed by atoms with Crippen LogP contribution >= 0.6 is 42.4 Å². The van der Waals surface area contributed by atoms with Gasteiger partial charge in [0.05, 0.1) is 16.2 Å². The van der Waals surface area contributed by atoms with Gasteiger partial charge in [-0.15, -0.1) is 0 Å². The van der Waals surface area contributed by atoms with Gasteiger partial charge in [0.15, 0.2) is 11.9 Å². The van der Waals surface area contributed by atoms with Gasteiger partial charge in [-0.2, -0.15) is 0 Å². The van der Waals surface area contributed by atoms with E-state index in [-0.39, 0.29) is 16.3 Å². The molecule has 1 aliphatic carbocycles. The summed E-state index contributed by atoms with van der Waals surface area (Å²) in [6, 6.07) is 13.2. The molecule has 0 radical (unpaired) electrons. The molecule has 3 aromatic rings. The van der Waals surface area contributed by atoms with Crippen molar-refractivity contribution in [1.29, 1.82) is 0 Å². The molecule has 0 saturated carbocycles. The predicted molar refractivity (Wildman–Crippen MR) is 115 cm³/mol. The molecule has 0 amide bonds. The van der Waals surface area contributed by atoms with Crippen LogP contribution in [0.3, 0.4) is 0 Å². The molecule has 0 fully saturated rings. The summed E-state index contributed by atoms with van der Waals surface area (Å²) in [7, 11) is -3.65. The van der Waals surface area contributed by atoms with Gasteiger partial charge in [-0.3, -0.25) is 9.32 Å². The number of hydrogen-bond donors (Lipinski definition) is 0. The third-order valence-corrected chi connectivity index (χ3v) is 6.13. The maximum Gasteiger partial charge on any atom is 0.377 e. The van der Waals surface area contributed by atoms with Crippen molar-refractivity contribution in [3.63, 3.8) is 0 Å². The summed E-state index contributed by atoms with van der Waals surface area (Å²) < 4.78 is 23.8. The van der Waals surface area contributed by atoms with Crippen LogP contribution in [0.2, 0.25) is 10.0 Å². The van der Waals surface area contributed by atoms with Crippen LogP contribution < -0.4 is 4.52 Å². The number of fused-ring (bicyclic) bond motifs is 2. The maximum absolute atomic E-state index is 13.0. The van der Waals surface area contributed by atoms with Crippen LogP contribution in [0.25, 0.3) is 15.9 Å². The van der Waals surface area contributed by atoms with Gasteiger partial charge in [-0.1, -0.05) is 46.9 Å². The number of rotatable bonds is 4. The first-order chi connectivity index (χ1) is 13.7. The second-order valence-electron chi connectivity index (χ2n) is 6.45. The Morgan fingerprint density at radius 2 is 1.79 bits per heavy atom. The van der Waals surface area contributed by atoms with E-state index in [4.69, 9.17) is 43.9 Å². The van der Waals surface area contributed by atoms with Gasteiger partial charge in [-0.25, -0.2) is 9.55 Å². The van der Waals surface area contributed by atoms with Crippen LogP contribution in [0.15, 0.2) is 54.6 Å². The lowest BCUT2D eigenvalue weighted by Crippen LogP contribution is -2.26. The SMILES string of the molecule is CP(=O)(Oc1cccc(Cl)c1)OC1C=C(Cl)c2nc3cc(Cl)ccc3cc2C1=O. The van der Waals surface area contributed by atoms with Gasteiger partial charge in [0.2, 0.25) is 0 Å². The van der Waals surface area contributed by atoms with E-state index in [9.17, 15) is 9.36 Å². The largest absolute Gasteiger partial charge is 0.424 e. The standard InChI is InChI=1S/C20H13Cl3NO4P/c1-29(26,27-14-4-2-3-12(21)8-14)28-18-10-16(23)19-15(20(18)25)7-11-5-6-13(22)9-17(11)24-19/h2-10,18H,1H3. The monoisotopic (exact) mass is 467 g/mol. The van der Waals surface area contributed by atoms with E-state index in [2.05, 4.69) is 4.98 Å². The van der Waals surface area contributed by atoms with Gasteiger partial charge in [0.25, 0.3) is 0 Å². The molecule has 0 bridgehead atoms. The van der Waals surface area contributed by atoms with Crippen molar-refractivity contribution in [2.45, 2.75) is 6.10 Å². The number of ketones is 1. The Morgan fingerprint density at radius 1 is 1.03 bits per heavy atom. The summed E-state index contributed by atoms with van der Waals surface area (Å²) in [6.45, 7) is 1.28. The first-order valence-electron chi connectivity index (χ1n) is 8.45. The van der Waals surface area contributed by atoms with E-state index in [0.29, 0.717) is 21.3 Å². The van der Waals surface area contributed by atoms with Crippen molar-refractivity contribution in [3.8, 4) is 5.75 Å². The van der Waals surface area contributed by atoms with E-state index in [1.807, 2.05) is 0 Å². The Hall–Kier alpha value is -1.88. The first-order valence-corrected chi connectivity index (χ1v) is 11.6. The Balaban J connectivity index is 1.64. The van der Waals surface area contributed by atoms with E-state index in [0.717, 1.165) is 5.39 Å². The number of halogens is 3. The number of pyridine rings is 1.